The average molecular weight is 265 g/mol. The summed E-state index contributed by atoms with van der Waals surface area (Å²) in [6.07, 6.45) is 8.09. The number of aromatic amines is 1. The van der Waals surface area contributed by atoms with Gasteiger partial charge in [0.15, 0.2) is 0 Å². The van der Waals surface area contributed by atoms with Crippen molar-refractivity contribution in [1.29, 1.82) is 0 Å². The number of amides is 1. The summed E-state index contributed by atoms with van der Waals surface area (Å²) in [6, 6.07) is 0. The van der Waals surface area contributed by atoms with Crippen molar-refractivity contribution >= 4 is 5.91 Å². The van der Waals surface area contributed by atoms with Crippen LogP contribution in [0, 0.1) is 5.41 Å². The van der Waals surface area contributed by atoms with Gasteiger partial charge in [-0.3, -0.25) is 9.89 Å². The SMILES string of the molecule is CC1(CNC(=O)CCCc2cn[nH]c2)CCOCC1. The minimum absolute atomic E-state index is 0.149. The largest absolute Gasteiger partial charge is 0.381 e. The number of nitrogens with one attached hydrogen (secondary N) is 2. The molecule has 1 aliphatic rings. The number of aryl methyl sites for hydroxylation is 1. The lowest BCUT2D eigenvalue weighted by Gasteiger charge is -2.33. The van der Waals surface area contributed by atoms with E-state index < -0.39 is 0 Å². The molecule has 5 nitrogen and oxygen atoms in total. The summed E-state index contributed by atoms with van der Waals surface area (Å²) < 4.78 is 5.36. The second kappa shape index (κ2) is 6.70. The highest BCUT2D eigenvalue weighted by Gasteiger charge is 2.27. The second-order valence-corrected chi connectivity index (χ2v) is 5.66. The van der Waals surface area contributed by atoms with E-state index in [9.17, 15) is 4.79 Å². The highest BCUT2D eigenvalue weighted by molar-refractivity contribution is 5.75. The molecule has 106 valence electrons. The number of nitrogens with zero attached hydrogens (tertiary/aromatic N) is 1. The maximum Gasteiger partial charge on any atom is 0.220 e. The van der Waals surface area contributed by atoms with E-state index in [-0.39, 0.29) is 11.3 Å². The summed E-state index contributed by atoms with van der Waals surface area (Å²) in [5, 5.41) is 9.72. The first kappa shape index (κ1) is 14.1. The number of aromatic nitrogens is 2. The van der Waals surface area contributed by atoms with Crippen LogP contribution in [-0.2, 0) is 16.0 Å². The lowest BCUT2D eigenvalue weighted by Crippen LogP contribution is -2.39. The second-order valence-electron chi connectivity index (χ2n) is 5.66. The molecular weight excluding hydrogens is 242 g/mol. The molecule has 2 rings (SSSR count). The van der Waals surface area contributed by atoms with Crippen LogP contribution in [0.3, 0.4) is 0 Å². The van der Waals surface area contributed by atoms with Crippen molar-refractivity contribution in [3.05, 3.63) is 18.0 Å². The molecule has 1 amide bonds. The van der Waals surface area contributed by atoms with Gasteiger partial charge in [0.1, 0.15) is 0 Å². The minimum atomic E-state index is 0.149. The van der Waals surface area contributed by atoms with Gasteiger partial charge in [0.05, 0.1) is 6.20 Å². The third kappa shape index (κ3) is 4.67. The summed E-state index contributed by atoms with van der Waals surface area (Å²) in [5.74, 6) is 0.149. The average Bonchev–Trinajstić information content (AvgIpc) is 2.91. The fourth-order valence-electron chi connectivity index (χ4n) is 2.31. The molecule has 0 unspecified atom stereocenters. The molecule has 0 saturated carbocycles. The van der Waals surface area contributed by atoms with Crippen LogP contribution in [0.2, 0.25) is 0 Å². The summed E-state index contributed by atoms with van der Waals surface area (Å²) in [4.78, 5) is 11.8. The highest BCUT2D eigenvalue weighted by Crippen LogP contribution is 2.28. The number of hydrogen-bond acceptors (Lipinski definition) is 3. The van der Waals surface area contributed by atoms with Crippen molar-refractivity contribution < 1.29 is 9.53 Å². The van der Waals surface area contributed by atoms with Crippen LogP contribution in [0.5, 0.6) is 0 Å². The van der Waals surface area contributed by atoms with Crippen molar-refractivity contribution in [3.63, 3.8) is 0 Å². The van der Waals surface area contributed by atoms with E-state index in [1.54, 1.807) is 6.20 Å². The van der Waals surface area contributed by atoms with Gasteiger partial charge in [-0.2, -0.15) is 5.10 Å². The number of carbonyl (C=O) groups excluding carboxylic acids is 1. The quantitative estimate of drug-likeness (QED) is 0.822. The molecule has 1 aromatic heterocycles. The Morgan fingerprint density at radius 1 is 1.53 bits per heavy atom. The van der Waals surface area contributed by atoms with E-state index in [0.717, 1.165) is 51.0 Å². The van der Waals surface area contributed by atoms with E-state index in [2.05, 4.69) is 22.4 Å². The first-order valence-corrected chi connectivity index (χ1v) is 7.00. The Morgan fingerprint density at radius 2 is 2.32 bits per heavy atom. The van der Waals surface area contributed by atoms with Gasteiger partial charge in [-0.05, 0) is 36.7 Å². The molecule has 1 aliphatic heterocycles. The zero-order valence-corrected chi connectivity index (χ0v) is 11.6. The van der Waals surface area contributed by atoms with Crippen LogP contribution < -0.4 is 5.32 Å². The van der Waals surface area contributed by atoms with E-state index in [0.29, 0.717) is 6.42 Å². The molecule has 2 N–H and O–H groups in total. The fourth-order valence-corrected chi connectivity index (χ4v) is 2.31. The Kier molecular flexibility index (Phi) is 4.96. The summed E-state index contributed by atoms with van der Waals surface area (Å²) >= 11 is 0. The molecule has 1 fully saturated rings. The van der Waals surface area contributed by atoms with Gasteiger partial charge in [0.25, 0.3) is 0 Å². The molecule has 0 spiro atoms. The predicted molar refractivity (Wildman–Crippen MR) is 72.7 cm³/mol. The molecule has 19 heavy (non-hydrogen) atoms. The molecule has 2 heterocycles. The number of rotatable bonds is 6. The number of hydrogen-bond donors (Lipinski definition) is 2. The van der Waals surface area contributed by atoms with Crippen molar-refractivity contribution in [2.45, 2.75) is 39.0 Å². The van der Waals surface area contributed by atoms with E-state index in [4.69, 9.17) is 4.74 Å². The van der Waals surface area contributed by atoms with Crippen molar-refractivity contribution in [2.24, 2.45) is 5.41 Å². The van der Waals surface area contributed by atoms with Crippen LogP contribution in [-0.4, -0.2) is 35.9 Å². The lowest BCUT2D eigenvalue weighted by atomic mass is 9.82. The van der Waals surface area contributed by atoms with E-state index in [1.807, 2.05) is 6.20 Å². The Hall–Kier alpha value is -1.36. The van der Waals surface area contributed by atoms with Gasteiger partial charge in [-0.25, -0.2) is 0 Å². The van der Waals surface area contributed by atoms with Crippen LogP contribution in [0.25, 0.3) is 0 Å². The van der Waals surface area contributed by atoms with Crippen molar-refractivity contribution in [3.8, 4) is 0 Å². The predicted octanol–water partition coefficient (Wildman–Crippen LogP) is 1.67. The van der Waals surface area contributed by atoms with Crippen LogP contribution in [0.1, 0.15) is 38.2 Å². The molecule has 0 radical (unpaired) electrons. The molecule has 0 bridgehead atoms. The van der Waals surface area contributed by atoms with Crippen LogP contribution >= 0.6 is 0 Å². The Balaban J connectivity index is 1.61. The van der Waals surface area contributed by atoms with E-state index in [1.165, 1.54) is 0 Å². The Morgan fingerprint density at radius 3 is 3.00 bits per heavy atom. The van der Waals surface area contributed by atoms with Gasteiger partial charge in [-0.1, -0.05) is 6.92 Å². The first-order chi connectivity index (χ1) is 9.18. The molecule has 1 saturated heterocycles. The maximum absolute atomic E-state index is 11.8. The van der Waals surface area contributed by atoms with Crippen LogP contribution in [0.15, 0.2) is 12.4 Å². The molecule has 1 aromatic rings. The Labute approximate surface area is 114 Å². The van der Waals surface area contributed by atoms with Crippen LogP contribution in [0.4, 0.5) is 0 Å². The smallest absolute Gasteiger partial charge is 0.220 e. The van der Waals surface area contributed by atoms with Gasteiger partial charge < -0.3 is 10.1 Å². The van der Waals surface area contributed by atoms with E-state index >= 15 is 0 Å². The summed E-state index contributed by atoms with van der Waals surface area (Å²) in [5.41, 5.74) is 1.36. The topological polar surface area (TPSA) is 67.0 Å². The zero-order valence-electron chi connectivity index (χ0n) is 11.6. The monoisotopic (exact) mass is 265 g/mol. The van der Waals surface area contributed by atoms with Crippen molar-refractivity contribution in [2.75, 3.05) is 19.8 Å². The van der Waals surface area contributed by atoms with Gasteiger partial charge >= 0.3 is 0 Å². The number of carbonyl (C=O) groups is 1. The summed E-state index contributed by atoms with van der Waals surface area (Å²) in [7, 11) is 0. The number of H-pyrrole nitrogens is 1. The third-order valence-corrected chi connectivity index (χ3v) is 3.84. The molecule has 5 heteroatoms. The third-order valence-electron chi connectivity index (χ3n) is 3.84. The highest BCUT2D eigenvalue weighted by atomic mass is 16.5. The molecule has 0 aliphatic carbocycles. The molecule has 0 aromatic carbocycles. The summed E-state index contributed by atoms with van der Waals surface area (Å²) in [6.45, 7) is 4.61. The van der Waals surface area contributed by atoms with Gasteiger partial charge in [-0.15, -0.1) is 0 Å². The number of ether oxygens (including phenoxy) is 1. The lowest BCUT2D eigenvalue weighted by molar-refractivity contribution is -0.122. The minimum Gasteiger partial charge on any atom is -0.381 e. The Bertz CT molecular complexity index is 383. The van der Waals surface area contributed by atoms with Gasteiger partial charge in [0.2, 0.25) is 5.91 Å². The van der Waals surface area contributed by atoms with Gasteiger partial charge in [0, 0.05) is 32.4 Å². The zero-order chi connectivity index (χ0) is 13.6. The van der Waals surface area contributed by atoms with Crippen molar-refractivity contribution in [1.82, 2.24) is 15.5 Å². The maximum atomic E-state index is 11.8. The molecule has 0 atom stereocenters. The molecular formula is C14H23N3O2. The fraction of sp³-hybridized carbons (Fsp3) is 0.714. The first-order valence-electron chi connectivity index (χ1n) is 7.00. The normalized spacial score (nSPS) is 18.2. The standard InChI is InChI=1S/C14H23N3O2/c1-14(5-7-19-8-6-14)11-15-13(18)4-2-3-12-9-16-17-10-12/h9-10H,2-8,11H2,1H3,(H,15,18)(H,16,17).